The van der Waals surface area contributed by atoms with E-state index in [0.717, 1.165) is 26.6 Å². The van der Waals surface area contributed by atoms with E-state index in [9.17, 15) is 4.79 Å². The first kappa shape index (κ1) is 18.9. The lowest BCUT2D eigenvalue weighted by Crippen LogP contribution is -2.32. The summed E-state index contributed by atoms with van der Waals surface area (Å²) in [6.07, 6.45) is 0. The number of aryl methyl sites for hydroxylation is 3. The Morgan fingerprint density at radius 2 is 1.88 bits per heavy atom. The predicted molar refractivity (Wildman–Crippen MR) is 110 cm³/mol. The molecule has 0 aliphatic heterocycles. The second-order valence-corrected chi connectivity index (χ2v) is 9.01. The molecule has 1 aromatic carbocycles. The molecule has 0 saturated heterocycles. The van der Waals surface area contributed by atoms with E-state index < -0.39 is 0 Å². The number of rotatable bonds is 5. The molecule has 1 atom stereocenters. The summed E-state index contributed by atoms with van der Waals surface area (Å²) in [5.41, 5.74) is 2.34. The summed E-state index contributed by atoms with van der Waals surface area (Å²) < 4.78 is 0. The van der Waals surface area contributed by atoms with Gasteiger partial charge in [-0.3, -0.25) is 4.79 Å². The lowest BCUT2D eigenvalue weighted by Gasteiger charge is -2.21. The van der Waals surface area contributed by atoms with Crippen LogP contribution in [0.15, 0.2) is 35.4 Å². The molecule has 0 spiro atoms. The molecular weight excluding hydrogens is 362 g/mol. The molecule has 3 rings (SSSR count). The SMILES string of the molecule is Cc1nc(S[C@@H](C)C(=O)N(C)Cc2ccccc2)c2c(C)c(C)sc2n1. The lowest BCUT2D eigenvalue weighted by molar-refractivity contribution is -0.129. The van der Waals surface area contributed by atoms with Gasteiger partial charge in [-0.2, -0.15) is 0 Å². The molecule has 0 bridgehead atoms. The second kappa shape index (κ2) is 7.76. The number of thioether (sulfide) groups is 1. The number of carbonyl (C=O) groups is 1. The van der Waals surface area contributed by atoms with Crippen molar-refractivity contribution in [2.75, 3.05) is 7.05 Å². The van der Waals surface area contributed by atoms with Crippen LogP contribution in [0.25, 0.3) is 10.2 Å². The van der Waals surface area contributed by atoms with Crippen LogP contribution in [-0.2, 0) is 11.3 Å². The molecule has 3 aromatic rings. The van der Waals surface area contributed by atoms with E-state index in [1.165, 1.54) is 22.2 Å². The minimum atomic E-state index is -0.208. The van der Waals surface area contributed by atoms with Crippen LogP contribution in [-0.4, -0.2) is 33.1 Å². The summed E-state index contributed by atoms with van der Waals surface area (Å²) >= 11 is 3.22. The number of thiophene rings is 1. The van der Waals surface area contributed by atoms with Gasteiger partial charge >= 0.3 is 0 Å². The van der Waals surface area contributed by atoms with Crippen LogP contribution in [0.5, 0.6) is 0 Å². The van der Waals surface area contributed by atoms with Gasteiger partial charge in [0, 0.05) is 23.9 Å². The minimum Gasteiger partial charge on any atom is -0.340 e. The quantitative estimate of drug-likeness (QED) is 0.469. The van der Waals surface area contributed by atoms with Crippen molar-refractivity contribution < 1.29 is 4.79 Å². The number of nitrogens with zero attached hydrogens (tertiary/aromatic N) is 3. The van der Waals surface area contributed by atoms with Crippen LogP contribution in [0.1, 0.15) is 28.8 Å². The molecule has 0 aliphatic rings. The number of carbonyl (C=O) groups excluding carboxylic acids is 1. The van der Waals surface area contributed by atoms with Gasteiger partial charge in [-0.25, -0.2) is 9.97 Å². The van der Waals surface area contributed by atoms with E-state index in [4.69, 9.17) is 0 Å². The molecule has 0 fully saturated rings. The Bertz CT molecular complexity index is 937. The first-order valence-electron chi connectivity index (χ1n) is 8.56. The molecule has 0 saturated carbocycles. The number of aromatic nitrogens is 2. The number of hydrogen-bond donors (Lipinski definition) is 0. The topological polar surface area (TPSA) is 46.1 Å². The van der Waals surface area contributed by atoms with E-state index in [1.54, 1.807) is 16.2 Å². The van der Waals surface area contributed by atoms with Crippen molar-refractivity contribution in [3.8, 4) is 0 Å². The van der Waals surface area contributed by atoms with Crippen LogP contribution in [0.3, 0.4) is 0 Å². The molecule has 0 aliphatic carbocycles. The zero-order valence-electron chi connectivity index (χ0n) is 15.7. The van der Waals surface area contributed by atoms with Crippen molar-refractivity contribution >= 4 is 39.2 Å². The molecular formula is C20H23N3OS2. The van der Waals surface area contributed by atoms with Crippen molar-refractivity contribution in [3.63, 3.8) is 0 Å². The Morgan fingerprint density at radius 3 is 2.58 bits per heavy atom. The van der Waals surface area contributed by atoms with Crippen LogP contribution < -0.4 is 0 Å². The maximum absolute atomic E-state index is 12.8. The molecule has 136 valence electrons. The second-order valence-electron chi connectivity index (χ2n) is 6.48. The molecule has 6 heteroatoms. The lowest BCUT2D eigenvalue weighted by atomic mass is 10.2. The average molecular weight is 386 g/mol. The minimum absolute atomic E-state index is 0.105. The Morgan fingerprint density at radius 1 is 1.19 bits per heavy atom. The number of benzene rings is 1. The highest BCUT2D eigenvalue weighted by molar-refractivity contribution is 8.00. The fourth-order valence-corrected chi connectivity index (χ4v) is 5.17. The molecule has 0 radical (unpaired) electrons. The summed E-state index contributed by atoms with van der Waals surface area (Å²) in [4.78, 5) is 26.1. The molecule has 0 unspecified atom stereocenters. The highest BCUT2D eigenvalue weighted by Crippen LogP contribution is 2.36. The van der Waals surface area contributed by atoms with Gasteiger partial charge in [0.05, 0.1) is 5.25 Å². The Labute approximate surface area is 162 Å². The standard InChI is InChI=1S/C20H23N3OS2/c1-12-13(2)25-18-17(12)19(22-15(4)21-18)26-14(3)20(24)23(5)11-16-9-7-6-8-10-16/h6-10,14H,11H2,1-5H3/t14-/m0/s1. The van der Waals surface area contributed by atoms with Gasteiger partial charge in [0.1, 0.15) is 15.7 Å². The maximum Gasteiger partial charge on any atom is 0.235 e. The molecule has 4 nitrogen and oxygen atoms in total. The van der Waals surface area contributed by atoms with Gasteiger partial charge in [0.2, 0.25) is 5.91 Å². The summed E-state index contributed by atoms with van der Waals surface area (Å²) in [7, 11) is 1.85. The Kier molecular flexibility index (Phi) is 5.63. The van der Waals surface area contributed by atoms with E-state index in [2.05, 4.69) is 23.8 Å². The van der Waals surface area contributed by atoms with Crippen LogP contribution in [0, 0.1) is 20.8 Å². The molecule has 1 amide bonds. The third-order valence-electron chi connectivity index (χ3n) is 4.38. The third-order valence-corrected chi connectivity index (χ3v) is 6.56. The number of fused-ring (bicyclic) bond motifs is 1. The van der Waals surface area contributed by atoms with E-state index in [-0.39, 0.29) is 11.2 Å². The zero-order chi connectivity index (χ0) is 18.8. The van der Waals surface area contributed by atoms with Crippen molar-refractivity contribution in [1.82, 2.24) is 14.9 Å². The fourth-order valence-electron chi connectivity index (χ4n) is 2.86. The summed E-state index contributed by atoms with van der Waals surface area (Å²) in [6, 6.07) is 10.0. The van der Waals surface area contributed by atoms with Gasteiger partial charge in [-0.1, -0.05) is 42.1 Å². The van der Waals surface area contributed by atoms with Crippen LogP contribution >= 0.6 is 23.1 Å². The van der Waals surface area contributed by atoms with Crippen molar-refractivity contribution in [3.05, 3.63) is 52.2 Å². The Hall–Kier alpha value is -1.92. The number of hydrogen-bond acceptors (Lipinski definition) is 5. The largest absolute Gasteiger partial charge is 0.340 e. The van der Waals surface area contributed by atoms with Gasteiger partial charge in [-0.05, 0) is 38.8 Å². The van der Waals surface area contributed by atoms with Crippen molar-refractivity contribution in [2.45, 2.75) is 44.5 Å². The highest BCUT2D eigenvalue weighted by atomic mass is 32.2. The third kappa shape index (κ3) is 3.91. The first-order chi connectivity index (χ1) is 12.4. The zero-order valence-corrected chi connectivity index (χ0v) is 17.4. The highest BCUT2D eigenvalue weighted by Gasteiger charge is 2.22. The van der Waals surface area contributed by atoms with E-state index in [1.807, 2.05) is 51.2 Å². The first-order valence-corrected chi connectivity index (χ1v) is 10.3. The smallest absolute Gasteiger partial charge is 0.235 e. The summed E-state index contributed by atoms with van der Waals surface area (Å²) in [5, 5.41) is 1.79. The monoisotopic (exact) mass is 385 g/mol. The van der Waals surface area contributed by atoms with E-state index in [0.29, 0.717) is 6.54 Å². The normalized spacial score (nSPS) is 12.3. The molecule has 2 aromatic heterocycles. The van der Waals surface area contributed by atoms with Gasteiger partial charge in [0.15, 0.2) is 0 Å². The van der Waals surface area contributed by atoms with Crippen LogP contribution in [0.4, 0.5) is 0 Å². The predicted octanol–water partition coefficient (Wildman–Crippen LogP) is 4.76. The summed E-state index contributed by atoms with van der Waals surface area (Å²) in [5.74, 6) is 0.853. The molecule has 26 heavy (non-hydrogen) atoms. The van der Waals surface area contributed by atoms with Gasteiger partial charge in [-0.15, -0.1) is 11.3 Å². The Balaban J connectivity index is 1.80. The molecule has 2 heterocycles. The maximum atomic E-state index is 12.8. The van der Waals surface area contributed by atoms with Crippen molar-refractivity contribution in [1.29, 1.82) is 0 Å². The van der Waals surface area contributed by atoms with Gasteiger partial charge in [0.25, 0.3) is 0 Å². The number of amides is 1. The van der Waals surface area contributed by atoms with Gasteiger partial charge < -0.3 is 4.90 Å². The summed E-state index contributed by atoms with van der Waals surface area (Å²) in [6.45, 7) is 8.67. The average Bonchev–Trinajstić information content (AvgIpc) is 2.89. The van der Waals surface area contributed by atoms with Crippen molar-refractivity contribution in [2.24, 2.45) is 0 Å². The molecule has 0 N–H and O–H groups in total. The van der Waals surface area contributed by atoms with E-state index >= 15 is 0 Å². The fraction of sp³-hybridized carbons (Fsp3) is 0.350. The van der Waals surface area contributed by atoms with Crippen LogP contribution in [0.2, 0.25) is 0 Å².